The molecule has 6 saturated heterocycles. The summed E-state index contributed by atoms with van der Waals surface area (Å²) >= 11 is 19.9. The van der Waals surface area contributed by atoms with E-state index in [4.69, 9.17) is 73.4 Å². The lowest BCUT2D eigenvalue weighted by Gasteiger charge is -2.26. The average Bonchev–Trinajstić information content (AvgIpc) is 3.86. The summed E-state index contributed by atoms with van der Waals surface area (Å²) in [4.78, 5) is 19.4. The van der Waals surface area contributed by atoms with Crippen molar-refractivity contribution in [2.75, 3.05) is 91.3 Å². The first kappa shape index (κ1) is 60.8. The molecule has 0 spiro atoms. The van der Waals surface area contributed by atoms with Crippen LogP contribution in [0.1, 0.15) is 53.3 Å². The number of rotatable bonds is 8. The number of carbonyl (C=O) groups is 1. The van der Waals surface area contributed by atoms with Gasteiger partial charge in [0.05, 0.1) is 103 Å². The second-order valence-electron chi connectivity index (χ2n) is 19.7. The van der Waals surface area contributed by atoms with Crippen molar-refractivity contribution in [3.63, 3.8) is 0 Å². The molecule has 4 N–H and O–H groups in total. The zero-order valence-corrected chi connectivity index (χ0v) is 47.5. The number of sulfone groups is 2. The number of fused-ring (bicyclic) bond motifs is 2. The molecule has 3 aromatic carbocycles. The molecule has 21 nitrogen and oxygen atoms in total. The number of ether oxygens (including phenoxy) is 6. The largest absolute Gasteiger partial charge is 0.504 e. The lowest BCUT2D eigenvalue weighted by molar-refractivity contribution is -0.140. The van der Waals surface area contributed by atoms with Crippen LogP contribution in [0.3, 0.4) is 0 Å². The van der Waals surface area contributed by atoms with E-state index in [1.807, 2.05) is 32.9 Å². The highest BCUT2D eigenvalue weighted by Crippen LogP contribution is 2.42. The molecule has 0 radical (unpaired) electrons. The summed E-state index contributed by atoms with van der Waals surface area (Å²) in [5, 5.41) is 18.1. The number of hydrogen-bond acceptors (Lipinski definition) is 22. The van der Waals surface area contributed by atoms with E-state index >= 15 is 0 Å². The first-order valence-electron chi connectivity index (χ1n) is 23.1. The Bertz CT molecular complexity index is 3130. The Morgan fingerprint density at radius 2 is 1.04 bits per heavy atom. The highest BCUT2D eigenvalue weighted by Gasteiger charge is 2.39. The number of hydrogen-bond donors (Lipinski definition) is 3. The average molecular weight is 1190 g/mol. The van der Waals surface area contributed by atoms with Crippen LogP contribution >= 0.6 is 46.6 Å². The number of phenols is 1. The van der Waals surface area contributed by atoms with Crippen LogP contribution < -0.4 is 5.73 Å². The molecule has 0 unspecified atom stereocenters. The van der Waals surface area contributed by atoms with Gasteiger partial charge in [-0.25, -0.2) is 26.8 Å². The number of halogens is 3. The van der Waals surface area contributed by atoms with Crippen LogP contribution in [-0.4, -0.2) is 165 Å². The topological polar surface area (TPSA) is 303 Å². The number of nitrogens with two attached hydrogens (primary N) is 1. The second-order valence-corrected chi connectivity index (χ2v) is 28.1. The number of aliphatic hydroxyl groups is 1. The zero-order valence-electron chi connectivity index (χ0n) is 42.0. The smallest absolute Gasteiger partial charge is 0.264 e. The number of aromatic nitrogens is 2. The van der Waals surface area contributed by atoms with Crippen LogP contribution in [0.25, 0.3) is 22.2 Å². The monoisotopic (exact) mass is 1190 g/mol. The number of aliphatic hydroxyl groups excluding tert-OH is 1. The highest BCUT2D eigenvalue weighted by atomic mass is 35.5. The van der Waals surface area contributed by atoms with E-state index in [1.54, 1.807) is 23.9 Å². The predicted octanol–water partition coefficient (Wildman–Crippen LogP) is 6.35. The van der Waals surface area contributed by atoms with Gasteiger partial charge < -0.3 is 53.2 Å². The molecule has 6 fully saturated rings. The molecule has 8 heterocycles. The van der Waals surface area contributed by atoms with Crippen molar-refractivity contribution in [3.05, 3.63) is 63.2 Å². The Morgan fingerprint density at radius 3 is 1.40 bits per heavy atom. The molecule has 0 bridgehead atoms. The summed E-state index contributed by atoms with van der Waals surface area (Å²) in [7, 11) is -10.5. The predicted molar refractivity (Wildman–Crippen MR) is 280 cm³/mol. The van der Waals surface area contributed by atoms with Gasteiger partial charge in [-0.15, -0.1) is 11.8 Å². The third-order valence-corrected chi connectivity index (χ3v) is 18.4. The Kier molecular flexibility index (Phi) is 20.4. The molecule has 6 aliphatic rings. The van der Waals surface area contributed by atoms with Crippen LogP contribution in [0, 0.1) is 0 Å². The van der Waals surface area contributed by atoms with Crippen molar-refractivity contribution in [3.8, 4) is 5.75 Å². The minimum atomic E-state index is -3.67. The maximum absolute atomic E-state index is 12.7. The van der Waals surface area contributed by atoms with E-state index in [1.165, 1.54) is 12.1 Å². The molecular weight excluding hydrogens is 1130 g/mol. The van der Waals surface area contributed by atoms with Crippen LogP contribution in [0.5, 0.6) is 5.75 Å². The van der Waals surface area contributed by atoms with Gasteiger partial charge in [0.15, 0.2) is 42.4 Å². The third kappa shape index (κ3) is 15.9. The molecule has 416 valence electrons. The van der Waals surface area contributed by atoms with E-state index in [9.17, 15) is 35.2 Å². The molecule has 0 atom stereocenters. The molecule has 28 heteroatoms. The van der Waals surface area contributed by atoms with E-state index in [-0.39, 0.29) is 86.4 Å². The number of oxazole rings is 2. The fraction of sp³-hybridized carbons (Fsp3) is 0.553. The van der Waals surface area contributed by atoms with Crippen LogP contribution in [0.4, 0.5) is 5.69 Å². The maximum atomic E-state index is 12.7. The number of nitrogen functional groups attached to an aromatic ring is 1. The van der Waals surface area contributed by atoms with Gasteiger partial charge in [0.25, 0.3) is 10.1 Å². The molecule has 5 aromatic rings. The molecule has 0 saturated carbocycles. The van der Waals surface area contributed by atoms with Crippen molar-refractivity contribution in [2.24, 2.45) is 0 Å². The normalized spacial score (nSPS) is 18.5. The second kappa shape index (κ2) is 25.2. The van der Waals surface area contributed by atoms with Crippen molar-refractivity contribution in [1.82, 2.24) is 9.97 Å². The lowest BCUT2D eigenvalue weighted by Crippen LogP contribution is -2.40. The Morgan fingerprint density at radius 1 is 0.627 bits per heavy atom. The van der Waals surface area contributed by atoms with Crippen molar-refractivity contribution in [2.45, 2.75) is 95.0 Å². The molecule has 0 aliphatic carbocycles. The zero-order chi connectivity index (χ0) is 55.3. The lowest BCUT2D eigenvalue weighted by atomic mass is 9.97. The first-order chi connectivity index (χ1) is 35.0. The van der Waals surface area contributed by atoms with Gasteiger partial charge in [-0.1, -0.05) is 76.3 Å². The van der Waals surface area contributed by atoms with E-state index in [0.29, 0.717) is 56.3 Å². The first-order valence-corrected chi connectivity index (χ1v) is 30.0. The Hall–Kier alpha value is -3.38. The van der Waals surface area contributed by atoms with Crippen molar-refractivity contribution < 1.29 is 81.7 Å². The summed E-state index contributed by atoms with van der Waals surface area (Å²) in [6.07, 6.45) is 0.640. The minimum Gasteiger partial charge on any atom is -0.504 e. The van der Waals surface area contributed by atoms with Crippen LogP contribution in [0.2, 0.25) is 15.1 Å². The summed E-state index contributed by atoms with van der Waals surface area (Å²) < 4.78 is 115. The fourth-order valence-corrected chi connectivity index (χ4v) is 12.4. The number of phenolic OH excluding ortho intramolecular Hbond substituents is 1. The SMILES string of the molecule is CC(C)(C)c1nc2ccc(Cl)c(S(=O)(=O)C3COC3)c2o1.CC(C)(C)c1nc2ccc(Cl)c(SC3COC3)c2o1.CS(=O)(=O)OC1COC1.Nc1ccc(Cl)c(S(=O)(=O)C2COC2)c1O.O=C1COC1.OC1COC1. The van der Waals surface area contributed by atoms with Crippen molar-refractivity contribution in [1.29, 1.82) is 0 Å². The van der Waals surface area contributed by atoms with Gasteiger partial charge >= 0.3 is 0 Å². The van der Waals surface area contributed by atoms with E-state index < -0.39 is 46.0 Å². The van der Waals surface area contributed by atoms with Gasteiger partial charge in [0.1, 0.15) is 56.7 Å². The quantitative estimate of drug-likeness (QED) is 0.0866. The summed E-state index contributed by atoms with van der Waals surface area (Å²) in [5.41, 5.74) is 7.42. The Labute approximate surface area is 454 Å². The molecular formula is C47H60Cl3N3O18S4. The highest BCUT2D eigenvalue weighted by molar-refractivity contribution is 8.00. The van der Waals surface area contributed by atoms with E-state index in [2.05, 4.69) is 44.4 Å². The number of thioether (sulfide) groups is 1. The molecule has 2 aromatic heterocycles. The van der Waals surface area contributed by atoms with Gasteiger partial charge in [0, 0.05) is 10.8 Å². The van der Waals surface area contributed by atoms with Crippen LogP contribution in [-0.2, 0) is 78.0 Å². The van der Waals surface area contributed by atoms with Crippen LogP contribution in [0.15, 0.2) is 59.9 Å². The summed E-state index contributed by atoms with van der Waals surface area (Å²) in [6.45, 7) is 16.9. The molecule has 0 amide bonds. The van der Waals surface area contributed by atoms with Gasteiger partial charge in [-0.2, -0.15) is 8.42 Å². The van der Waals surface area contributed by atoms with Gasteiger partial charge in [0.2, 0.25) is 11.8 Å². The minimum absolute atomic E-state index is 0.0109. The number of Topliss-reactive ketones (excluding diaryl/α,β-unsaturated/α-hetero) is 1. The summed E-state index contributed by atoms with van der Waals surface area (Å²) in [6, 6.07) is 9.73. The summed E-state index contributed by atoms with van der Waals surface area (Å²) in [5.74, 6) is 0.960. The van der Waals surface area contributed by atoms with Gasteiger partial charge in [-0.05, 0) is 36.4 Å². The van der Waals surface area contributed by atoms with E-state index in [0.717, 1.165) is 46.4 Å². The number of ketones is 1. The molecule has 11 rings (SSSR count). The van der Waals surface area contributed by atoms with Crippen molar-refractivity contribution >= 4 is 110 Å². The number of carbonyl (C=O) groups excluding carboxylic acids is 1. The number of anilines is 1. The van der Waals surface area contributed by atoms with Gasteiger partial charge in [-0.3, -0.25) is 8.98 Å². The Balaban J connectivity index is 0.000000156. The molecule has 6 aliphatic heterocycles. The number of aromatic hydroxyl groups is 1. The number of benzene rings is 3. The molecule has 75 heavy (non-hydrogen) atoms. The number of nitrogens with zero attached hydrogens (tertiary/aromatic N) is 2. The standard InChI is InChI=1S/C14H16ClNO4S.C14H16ClNO2S.C9H10ClNO4S.C4H8O4S.C3H6O2.C3H4O2/c1-14(2,3)13-16-10-5-4-9(15)12(11(10)20-13)21(17,18)8-6-19-7-8;1-14(2,3)13-16-10-5-4-9(15)12(11(10)18-13)19-8-6-17-7-8;10-6-1-2-7(11)8(12)9(6)16(13,14)5-3-15-4-5;1-9(5,6)8-4-2-7-3-4;2*4-3-1-5-2-3/h4-5,8H,6-7H2,1-3H3;4-5,8H,6-7H2,1-3H3;1-2,5,12H,3-4,11H2;4H,2-3H2,1H3;3-4H,1-2H2;1-2H2. The fourth-order valence-electron chi connectivity index (χ4n) is 6.23. The maximum Gasteiger partial charge on any atom is 0.264 e. The third-order valence-electron chi connectivity index (χ3n) is 10.9.